The van der Waals surface area contributed by atoms with Gasteiger partial charge in [-0.05, 0) is 59.7 Å². The summed E-state index contributed by atoms with van der Waals surface area (Å²) in [6.45, 7) is 0.0864. The second kappa shape index (κ2) is 10.5. The summed E-state index contributed by atoms with van der Waals surface area (Å²) in [7, 11) is 4.82. The molecule has 0 aliphatic heterocycles. The minimum atomic E-state index is -0.249. The highest BCUT2D eigenvalue weighted by Crippen LogP contribution is 2.29. The summed E-state index contributed by atoms with van der Waals surface area (Å²) in [5.74, 6) is 2.58. The van der Waals surface area contributed by atoms with Gasteiger partial charge in [0.15, 0.2) is 11.5 Å². The number of aromatic nitrogens is 2. The number of hydrogen-bond acceptors (Lipinski definition) is 6. The molecule has 0 bridgehead atoms. The normalized spacial score (nSPS) is 11.0. The number of rotatable bonds is 9. The van der Waals surface area contributed by atoms with Crippen LogP contribution in [0, 0.1) is 0 Å². The van der Waals surface area contributed by atoms with Gasteiger partial charge >= 0.3 is 0 Å². The van der Waals surface area contributed by atoms with Crippen molar-refractivity contribution >= 4 is 23.2 Å². The lowest BCUT2D eigenvalue weighted by atomic mass is 10.1. The Morgan fingerprint density at radius 1 is 0.971 bits per heavy atom. The molecule has 8 nitrogen and oxygen atoms in total. The number of carbonyl (C=O) groups excluding carboxylic acids is 1. The van der Waals surface area contributed by atoms with Gasteiger partial charge in [-0.25, -0.2) is 10.4 Å². The molecule has 4 aromatic rings. The molecule has 0 unspecified atom stereocenters. The third kappa shape index (κ3) is 5.17. The van der Waals surface area contributed by atoms with Crippen molar-refractivity contribution in [3.8, 4) is 17.2 Å². The second-order valence-corrected chi connectivity index (χ2v) is 7.54. The van der Waals surface area contributed by atoms with E-state index in [1.807, 2.05) is 71.3 Å². The van der Waals surface area contributed by atoms with E-state index in [-0.39, 0.29) is 12.5 Å². The third-order valence-corrected chi connectivity index (χ3v) is 5.36. The lowest BCUT2D eigenvalue weighted by Gasteiger charge is -2.11. The van der Waals surface area contributed by atoms with Crippen LogP contribution in [0.25, 0.3) is 11.0 Å². The maximum absolute atomic E-state index is 12.7. The van der Waals surface area contributed by atoms with Crippen molar-refractivity contribution in [2.45, 2.75) is 13.0 Å². The molecule has 1 aromatic heterocycles. The minimum absolute atomic E-state index is 0.0864. The lowest BCUT2D eigenvalue weighted by molar-refractivity contribution is -0.121. The van der Waals surface area contributed by atoms with Crippen molar-refractivity contribution in [2.24, 2.45) is 5.10 Å². The van der Waals surface area contributed by atoms with Gasteiger partial charge in [-0.3, -0.25) is 4.79 Å². The van der Waals surface area contributed by atoms with Crippen LogP contribution in [0.5, 0.6) is 17.2 Å². The van der Waals surface area contributed by atoms with Crippen molar-refractivity contribution < 1.29 is 19.0 Å². The first kappa shape index (κ1) is 22.8. The number of nitrogens with zero attached hydrogens (tertiary/aromatic N) is 3. The highest BCUT2D eigenvalue weighted by molar-refractivity contribution is 5.84. The van der Waals surface area contributed by atoms with Crippen molar-refractivity contribution in [3.05, 3.63) is 83.7 Å². The largest absolute Gasteiger partial charge is 0.497 e. The Hall–Kier alpha value is -4.33. The molecular formula is C26H26N4O4. The maximum atomic E-state index is 12.7. The fourth-order valence-corrected chi connectivity index (χ4v) is 3.66. The van der Waals surface area contributed by atoms with Crippen LogP contribution in [0.3, 0.4) is 0 Å². The quantitative estimate of drug-likeness (QED) is 0.305. The van der Waals surface area contributed by atoms with Crippen LogP contribution < -0.4 is 19.6 Å². The van der Waals surface area contributed by atoms with E-state index >= 15 is 0 Å². The van der Waals surface area contributed by atoms with Crippen molar-refractivity contribution in [1.29, 1.82) is 0 Å². The highest BCUT2D eigenvalue weighted by Gasteiger charge is 2.15. The van der Waals surface area contributed by atoms with Crippen LogP contribution in [-0.2, 0) is 17.8 Å². The predicted octanol–water partition coefficient (Wildman–Crippen LogP) is 3.80. The average Bonchev–Trinajstić information content (AvgIpc) is 3.21. The fourth-order valence-electron chi connectivity index (χ4n) is 3.66. The van der Waals surface area contributed by atoms with E-state index in [2.05, 4.69) is 10.5 Å². The van der Waals surface area contributed by atoms with E-state index in [1.54, 1.807) is 27.5 Å². The number of benzene rings is 3. The highest BCUT2D eigenvalue weighted by atomic mass is 16.5. The zero-order valence-corrected chi connectivity index (χ0v) is 19.3. The summed E-state index contributed by atoms with van der Waals surface area (Å²) in [5.41, 5.74) is 6.15. The Bertz CT molecular complexity index is 1310. The van der Waals surface area contributed by atoms with Crippen LogP contribution in [0.15, 0.2) is 71.8 Å². The van der Waals surface area contributed by atoms with Gasteiger partial charge in [-0.15, -0.1) is 0 Å². The summed E-state index contributed by atoms with van der Waals surface area (Å²) in [5, 5.41) is 4.08. The first-order valence-electron chi connectivity index (χ1n) is 10.7. The second-order valence-electron chi connectivity index (χ2n) is 7.54. The number of ether oxygens (including phenoxy) is 3. The van der Waals surface area contributed by atoms with Gasteiger partial charge in [0.2, 0.25) is 0 Å². The van der Waals surface area contributed by atoms with Gasteiger partial charge in [-0.1, -0.05) is 18.2 Å². The summed E-state index contributed by atoms with van der Waals surface area (Å²) in [6, 6.07) is 20.9. The van der Waals surface area contributed by atoms with Crippen LogP contribution in [0.2, 0.25) is 0 Å². The molecule has 0 saturated carbocycles. The molecule has 8 heteroatoms. The van der Waals surface area contributed by atoms with E-state index < -0.39 is 0 Å². The number of hydrogen-bond donors (Lipinski definition) is 1. The lowest BCUT2D eigenvalue weighted by Crippen LogP contribution is -2.24. The number of imidazole rings is 1. The molecule has 0 atom stereocenters. The van der Waals surface area contributed by atoms with Gasteiger partial charge in [0.25, 0.3) is 5.91 Å². The average molecular weight is 459 g/mol. The van der Waals surface area contributed by atoms with Crippen molar-refractivity contribution in [2.75, 3.05) is 21.3 Å². The van der Waals surface area contributed by atoms with Crippen LogP contribution in [0.1, 0.15) is 17.0 Å². The Balaban J connectivity index is 1.53. The van der Waals surface area contributed by atoms with E-state index in [1.165, 1.54) is 0 Å². The van der Waals surface area contributed by atoms with E-state index in [0.29, 0.717) is 17.9 Å². The smallest absolute Gasteiger partial charge is 0.260 e. The molecule has 0 spiro atoms. The number of methoxy groups -OCH3 is 3. The van der Waals surface area contributed by atoms with Crippen molar-refractivity contribution in [3.63, 3.8) is 0 Å². The molecule has 174 valence electrons. The summed E-state index contributed by atoms with van der Waals surface area (Å²) >= 11 is 0. The topological polar surface area (TPSA) is 87.0 Å². The third-order valence-electron chi connectivity index (χ3n) is 5.36. The number of carbonyl (C=O) groups is 1. The van der Waals surface area contributed by atoms with Crippen LogP contribution in [0.4, 0.5) is 0 Å². The molecule has 0 aliphatic rings. The van der Waals surface area contributed by atoms with Gasteiger partial charge in [0, 0.05) is 6.42 Å². The SMILES string of the molecule is COc1ccc(/C=N\NC(=O)Cn2c(Cc3ccc(OC)c(OC)c3)nc3ccccc32)cc1. The molecule has 0 saturated heterocycles. The first-order valence-corrected chi connectivity index (χ1v) is 10.7. The maximum Gasteiger partial charge on any atom is 0.260 e. The Morgan fingerprint density at radius 3 is 2.47 bits per heavy atom. The summed E-state index contributed by atoms with van der Waals surface area (Å²) in [6.07, 6.45) is 2.12. The minimum Gasteiger partial charge on any atom is -0.497 e. The molecule has 34 heavy (non-hydrogen) atoms. The molecule has 3 aromatic carbocycles. The molecule has 4 rings (SSSR count). The molecule has 0 radical (unpaired) electrons. The van der Waals surface area contributed by atoms with Crippen LogP contribution in [-0.4, -0.2) is 43.0 Å². The molecule has 0 aliphatic carbocycles. The Morgan fingerprint density at radius 2 is 1.74 bits per heavy atom. The molecule has 1 heterocycles. The monoisotopic (exact) mass is 458 g/mol. The number of fused-ring (bicyclic) bond motifs is 1. The number of hydrazone groups is 1. The van der Waals surface area contributed by atoms with Gasteiger partial charge in [0.1, 0.15) is 18.1 Å². The van der Waals surface area contributed by atoms with E-state index in [0.717, 1.165) is 33.7 Å². The Kier molecular flexibility index (Phi) is 7.07. The zero-order chi connectivity index (χ0) is 23.9. The fraction of sp³-hybridized carbons (Fsp3) is 0.192. The molecular weight excluding hydrogens is 432 g/mol. The molecule has 1 amide bonds. The zero-order valence-electron chi connectivity index (χ0n) is 19.3. The summed E-state index contributed by atoms with van der Waals surface area (Å²) < 4.78 is 17.8. The summed E-state index contributed by atoms with van der Waals surface area (Å²) in [4.78, 5) is 17.5. The van der Waals surface area contributed by atoms with Crippen LogP contribution >= 0.6 is 0 Å². The van der Waals surface area contributed by atoms with Gasteiger partial charge < -0.3 is 18.8 Å². The van der Waals surface area contributed by atoms with E-state index in [4.69, 9.17) is 19.2 Å². The standard InChI is InChI=1S/C26H26N4O4/c1-32-20-11-8-18(9-12-20)16-27-29-26(31)17-30-22-7-5-4-6-21(22)28-25(30)15-19-10-13-23(33-2)24(14-19)34-3/h4-14,16H,15,17H2,1-3H3,(H,29,31)/b27-16-. The number of para-hydroxylation sites is 2. The molecule has 1 N–H and O–H groups in total. The predicted molar refractivity (Wildman–Crippen MR) is 131 cm³/mol. The first-order chi connectivity index (χ1) is 16.6. The number of nitrogens with one attached hydrogen (secondary N) is 1. The Labute approximate surface area is 197 Å². The van der Waals surface area contributed by atoms with Crippen molar-refractivity contribution in [1.82, 2.24) is 15.0 Å². The van der Waals surface area contributed by atoms with Gasteiger partial charge in [0.05, 0.1) is 38.6 Å². The molecule has 0 fully saturated rings. The number of amides is 1. The van der Waals surface area contributed by atoms with E-state index in [9.17, 15) is 4.79 Å². The van der Waals surface area contributed by atoms with Gasteiger partial charge in [-0.2, -0.15) is 5.10 Å².